The number of nitrogens with zero attached hydrogens (tertiary/aromatic N) is 2. The Hall–Kier alpha value is -1.24. The first kappa shape index (κ1) is 13.2. The van der Waals surface area contributed by atoms with Gasteiger partial charge in [-0.25, -0.2) is 9.89 Å². The zero-order valence-corrected chi connectivity index (χ0v) is 11.6. The molecule has 0 bridgehead atoms. The van der Waals surface area contributed by atoms with E-state index in [1.165, 1.54) is 11.8 Å². The molecule has 2 N–H and O–H groups in total. The molecular formula is C11H18N4O2S. The van der Waals surface area contributed by atoms with Crippen LogP contribution in [0.25, 0.3) is 0 Å². The molecule has 1 heterocycles. The van der Waals surface area contributed by atoms with E-state index in [0.29, 0.717) is 5.16 Å². The first-order valence-corrected chi connectivity index (χ1v) is 6.96. The van der Waals surface area contributed by atoms with E-state index in [2.05, 4.69) is 15.5 Å². The van der Waals surface area contributed by atoms with E-state index in [9.17, 15) is 9.59 Å². The van der Waals surface area contributed by atoms with Crippen molar-refractivity contribution in [3.05, 3.63) is 10.5 Å². The zero-order chi connectivity index (χ0) is 13.3. The number of aromatic amines is 1. The Morgan fingerprint density at radius 1 is 1.56 bits per heavy atom. The minimum absolute atomic E-state index is 0.0507. The predicted molar refractivity (Wildman–Crippen MR) is 69.7 cm³/mol. The molecule has 0 aliphatic heterocycles. The molecule has 0 unspecified atom stereocenters. The summed E-state index contributed by atoms with van der Waals surface area (Å²) in [6.45, 7) is 5.80. The van der Waals surface area contributed by atoms with Crippen molar-refractivity contribution >= 4 is 17.7 Å². The van der Waals surface area contributed by atoms with Gasteiger partial charge in [0.15, 0.2) is 5.16 Å². The summed E-state index contributed by atoms with van der Waals surface area (Å²) in [7, 11) is 0. The van der Waals surface area contributed by atoms with Crippen molar-refractivity contribution in [1.29, 1.82) is 0 Å². The van der Waals surface area contributed by atoms with Crippen molar-refractivity contribution in [3.8, 4) is 0 Å². The molecule has 1 amide bonds. The van der Waals surface area contributed by atoms with E-state index in [0.717, 1.165) is 12.8 Å². The molecular weight excluding hydrogens is 252 g/mol. The molecule has 1 aliphatic carbocycles. The second kappa shape index (κ2) is 4.79. The van der Waals surface area contributed by atoms with Gasteiger partial charge in [-0.2, -0.15) is 0 Å². The quantitative estimate of drug-likeness (QED) is 0.797. The molecule has 6 nitrogen and oxygen atoms in total. The smallest absolute Gasteiger partial charge is 0.344 e. The van der Waals surface area contributed by atoms with Crippen LogP contribution in [0, 0.1) is 0 Å². The van der Waals surface area contributed by atoms with Crippen molar-refractivity contribution in [1.82, 2.24) is 20.1 Å². The number of carbonyl (C=O) groups is 1. The number of aromatic nitrogens is 3. The number of thioether (sulfide) groups is 1. The number of hydrogen-bond acceptors (Lipinski definition) is 4. The summed E-state index contributed by atoms with van der Waals surface area (Å²) in [6.07, 6.45) is 2.03. The van der Waals surface area contributed by atoms with E-state index in [-0.39, 0.29) is 28.9 Å². The lowest BCUT2D eigenvalue weighted by atomic mass is 10.1. The third-order valence-electron chi connectivity index (χ3n) is 2.43. The van der Waals surface area contributed by atoms with Crippen LogP contribution >= 0.6 is 11.8 Å². The van der Waals surface area contributed by atoms with E-state index >= 15 is 0 Å². The normalized spacial score (nSPS) is 15.7. The van der Waals surface area contributed by atoms with Gasteiger partial charge in [-0.15, -0.1) is 5.10 Å². The van der Waals surface area contributed by atoms with Crippen LogP contribution in [0.4, 0.5) is 0 Å². The molecule has 0 aromatic carbocycles. The van der Waals surface area contributed by atoms with Crippen LogP contribution in [0.3, 0.4) is 0 Å². The monoisotopic (exact) mass is 270 g/mol. The first-order valence-electron chi connectivity index (χ1n) is 5.97. The van der Waals surface area contributed by atoms with Gasteiger partial charge in [0.2, 0.25) is 5.91 Å². The van der Waals surface area contributed by atoms with E-state index < -0.39 is 0 Å². The third-order valence-corrected chi connectivity index (χ3v) is 3.38. The molecule has 0 radical (unpaired) electrons. The van der Waals surface area contributed by atoms with Gasteiger partial charge >= 0.3 is 5.69 Å². The summed E-state index contributed by atoms with van der Waals surface area (Å²) in [5, 5.41) is 9.87. The maximum absolute atomic E-state index is 11.7. The highest BCUT2D eigenvalue weighted by Gasteiger charge is 2.28. The van der Waals surface area contributed by atoms with Crippen molar-refractivity contribution in [2.75, 3.05) is 5.75 Å². The minimum atomic E-state index is -0.237. The second-order valence-corrected chi connectivity index (χ2v) is 6.44. The topological polar surface area (TPSA) is 79.8 Å². The Labute approximate surface area is 110 Å². The van der Waals surface area contributed by atoms with Crippen LogP contribution in [0.2, 0.25) is 0 Å². The number of nitrogens with one attached hydrogen (secondary N) is 2. The van der Waals surface area contributed by atoms with Crippen LogP contribution in [-0.4, -0.2) is 32.0 Å². The molecule has 1 saturated carbocycles. The van der Waals surface area contributed by atoms with Crippen LogP contribution < -0.4 is 11.0 Å². The van der Waals surface area contributed by atoms with E-state index in [1.807, 2.05) is 20.8 Å². The number of amides is 1. The van der Waals surface area contributed by atoms with E-state index in [4.69, 9.17) is 0 Å². The Balaban J connectivity index is 1.94. The Bertz CT molecular complexity index is 496. The SMILES string of the molecule is CC(C)(C)NC(=O)CSc1n[nH]c(=O)n1C1CC1. The lowest BCUT2D eigenvalue weighted by Gasteiger charge is -2.20. The summed E-state index contributed by atoms with van der Waals surface area (Å²) >= 11 is 1.29. The van der Waals surface area contributed by atoms with E-state index in [1.54, 1.807) is 4.57 Å². The summed E-state index contributed by atoms with van der Waals surface area (Å²) in [6, 6.07) is 0.268. The Kier molecular flexibility index (Phi) is 3.52. The lowest BCUT2D eigenvalue weighted by molar-refractivity contribution is -0.119. The summed E-state index contributed by atoms with van der Waals surface area (Å²) in [5.41, 5.74) is -0.421. The van der Waals surface area contributed by atoms with Gasteiger partial charge in [-0.05, 0) is 33.6 Å². The molecule has 1 aromatic heterocycles. The molecule has 0 atom stereocenters. The molecule has 1 fully saturated rings. The predicted octanol–water partition coefficient (Wildman–Crippen LogP) is 0.913. The number of H-pyrrole nitrogens is 1. The van der Waals surface area contributed by atoms with Gasteiger partial charge in [-0.1, -0.05) is 11.8 Å². The van der Waals surface area contributed by atoms with Crippen molar-refractivity contribution in [2.45, 2.75) is 50.4 Å². The van der Waals surface area contributed by atoms with Gasteiger partial charge in [0.25, 0.3) is 0 Å². The van der Waals surface area contributed by atoms with Gasteiger partial charge in [-0.3, -0.25) is 9.36 Å². The number of carbonyl (C=O) groups excluding carboxylic acids is 1. The summed E-state index contributed by atoms with van der Waals surface area (Å²) in [4.78, 5) is 23.2. The van der Waals surface area contributed by atoms with Gasteiger partial charge in [0.1, 0.15) is 0 Å². The fourth-order valence-corrected chi connectivity index (χ4v) is 2.44. The average molecular weight is 270 g/mol. The van der Waals surface area contributed by atoms with Gasteiger partial charge in [0, 0.05) is 11.6 Å². The molecule has 100 valence electrons. The maximum atomic E-state index is 11.7. The minimum Gasteiger partial charge on any atom is -0.351 e. The van der Waals surface area contributed by atoms with Crippen molar-refractivity contribution in [2.24, 2.45) is 0 Å². The molecule has 2 rings (SSSR count). The van der Waals surface area contributed by atoms with Gasteiger partial charge < -0.3 is 5.32 Å². The van der Waals surface area contributed by atoms with Crippen LogP contribution in [0.5, 0.6) is 0 Å². The number of rotatable bonds is 4. The highest BCUT2D eigenvalue weighted by atomic mass is 32.2. The molecule has 7 heteroatoms. The van der Waals surface area contributed by atoms with Crippen LogP contribution in [0.15, 0.2) is 9.95 Å². The highest BCUT2D eigenvalue weighted by Crippen LogP contribution is 2.35. The number of hydrogen-bond donors (Lipinski definition) is 2. The van der Waals surface area contributed by atoms with Gasteiger partial charge in [0.05, 0.1) is 5.75 Å². The van der Waals surface area contributed by atoms with Crippen molar-refractivity contribution in [3.63, 3.8) is 0 Å². The third kappa shape index (κ3) is 3.38. The summed E-state index contributed by atoms with van der Waals surface area (Å²) in [5.74, 6) is 0.221. The molecule has 1 aliphatic rings. The average Bonchev–Trinajstić information content (AvgIpc) is 2.98. The highest BCUT2D eigenvalue weighted by molar-refractivity contribution is 7.99. The Morgan fingerprint density at radius 2 is 2.22 bits per heavy atom. The summed E-state index contributed by atoms with van der Waals surface area (Å²) < 4.78 is 1.65. The standard InChI is InChI=1S/C11H18N4O2S/c1-11(2,3)12-8(16)6-18-10-14-13-9(17)15(10)7-4-5-7/h7H,4-6H2,1-3H3,(H,12,16)(H,13,17). The fourth-order valence-electron chi connectivity index (χ4n) is 1.63. The lowest BCUT2D eigenvalue weighted by Crippen LogP contribution is -2.41. The molecule has 1 aromatic rings. The molecule has 0 saturated heterocycles. The fraction of sp³-hybridized carbons (Fsp3) is 0.727. The molecule has 0 spiro atoms. The van der Waals surface area contributed by atoms with Crippen LogP contribution in [0.1, 0.15) is 39.7 Å². The zero-order valence-electron chi connectivity index (χ0n) is 10.8. The first-order chi connectivity index (χ1) is 8.37. The maximum Gasteiger partial charge on any atom is 0.344 e. The second-order valence-electron chi connectivity index (χ2n) is 5.50. The molecule has 18 heavy (non-hydrogen) atoms. The van der Waals surface area contributed by atoms with Crippen LogP contribution in [-0.2, 0) is 4.79 Å². The van der Waals surface area contributed by atoms with Crippen molar-refractivity contribution < 1.29 is 4.79 Å². The Morgan fingerprint density at radius 3 is 2.78 bits per heavy atom. The largest absolute Gasteiger partial charge is 0.351 e.